The number of anilines is 1. The Balaban J connectivity index is 1.96. The summed E-state index contributed by atoms with van der Waals surface area (Å²) in [6, 6.07) is 8.36. The third-order valence-corrected chi connectivity index (χ3v) is 3.26. The molecule has 0 aliphatic heterocycles. The van der Waals surface area contributed by atoms with E-state index in [4.69, 9.17) is 0 Å². The fourth-order valence-electron chi connectivity index (χ4n) is 2.16. The van der Waals surface area contributed by atoms with Crippen molar-refractivity contribution in [2.24, 2.45) is 0 Å². The zero-order valence-corrected chi connectivity index (χ0v) is 12.3. The van der Waals surface area contributed by atoms with Crippen molar-refractivity contribution < 1.29 is 9.18 Å². The maximum Gasteiger partial charge on any atom is 0.244 e. The average Bonchev–Trinajstić information content (AvgIpc) is 2.90. The fourth-order valence-corrected chi connectivity index (χ4v) is 2.16. The van der Waals surface area contributed by atoms with E-state index in [9.17, 15) is 9.18 Å². The molecule has 1 aromatic carbocycles. The summed E-state index contributed by atoms with van der Waals surface area (Å²) in [4.78, 5) is 11.9. The maximum absolute atomic E-state index is 13.5. The zero-order valence-electron chi connectivity index (χ0n) is 12.3. The Morgan fingerprint density at radius 1 is 1.33 bits per heavy atom. The second-order valence-electron chi connectivity index (χ2n) is 4.92. The van der Waals surface area contributed by atoms with Crippen LogP contribution in [0.1, 0.15) is 25.5 Å². The van der Waals surface area contributed by atoms with Gasteiger partial charge in [0.15, 0.2) is 0 Å². The number of hydrogen-bond donors (Lipinski definition) is 2. The molecule has 0 fully saturated rings. The standard InChI is InChI=1S/C16H20FN3O/c1-3-18-12(2)13-8-9-20(10-13)11-16(21)19-15-7-5-4-6-14(15)17/h4-10,12,18H,3,11H2,1-2H3,(H,19,21). The first-order chi connectivity index (χ1) is 10.1. The molecule has 0 aliphatic rings. The fraction of sp³-hybridized carbons (Fsp3) is 0.312. The van der Waals surface area contributed by atoms with Crippen LogP contribution in [0.5, 0.6) is 0 Å². The molecule has 0 saturated carbocycles. The predicted octanol–water partition coefficient (Wildman–Crippen LogP) is 2.94. The number of halogens is 1. The number of nitrogens with one attached hydrogen (secondary N) is 2. The van der Waals surface area contributed by atoms with Gasteiger partial charge in [-0.25, -0.2) is 4.39 Å². The van der Waals surface area contributed by atoms with Gasteiger partial charge in [0.2, 0.25) is 5.91 Å². The van der Waals surface area contributed by atoms with E-state index in [2.05, 4.69) is 24.5 Å². The molecule has 1 aromatic heterocycles. The van der Waals surface area contributed by atoms with E-state index >= 15 is 0 Å². The van der Waals surface area contributed by atoms with Gasteiger partial charge < -0.3 is 15.2 Å². The lowest BCUT2D eigenvalue weighted by Gasteiger charge is -2.10. The smallest absolute Gasteiger partial charge is 0.244 e. The number of aromatic nitrogens is 1. The second-order valence-corrected chi connectivity index (χ2v) is 4.92. The van der Waals surface area contributed by atoms with Crippen molar-refractivity contribution in [1.29, 1.82) is 0 Å². The van der Waals surface area contributed by atoms with Crippen molar-refractivity contribution in [2.75, 3.05) is 11.9 Å². The number of carbonyl (C=O) groups is 1. The van der Waals surface area contributed by atoms with E-state index in [1.807, 2.05) is 18.5 Å². The Morgan fingerprint density at radius 3 is 2.81 bits per heavy atom. The summed E-state index contributed by atoms with van der Waals surface area (Å²) in [6.07, 6.45) is 3.78. The van der Waals surface area contributed by atoms with Gasteiger partial charge in [-0.15, -0.1) is 0 Å². The third-order valence-electron chi connectivity index (χ3n) is 3.26. The van der Waals surface area contributed by atoms with Gasteiger partial charge in [0.25, 0.3) is 0 Å². The number of hydrogen-bond acceptors (Lipinski definition) is 2. The van der Waals surface area contributed by atoms with Crippen LogP contribution in [0.4, 0.5) is 10.1 Å². The molecular formula is C16H20FN3O. The number of nitrogens with zero attached hydrogens (tertiary/aromatic N) is 1. The first-order valence-corrected chi connectivity index (χ1v) is 7.03. The van der Waals surface area contributed by atoms with E-state index in [1.54, 1.807) is 22.8 Å². The lowest BCUT2D eigenvalue weighted by atomic mass is 10.2. The van der Waals surface area contributed by atoms with Gasteiger partial charge in [0.05, 0.1) is 5.69 Å². The van der Waals surface area contributed by atoms with Crippen molar-refractivity contribution in [3.8, 4) is 0 Å². The summed E-state index contributed by atoms with van der Waals surface area (Å²) in [5.41, 5.74) is 1.33. The lowest BCUT2D eigenvalue weighted by Crippen LogP contribution is -2.19. The molecule has 2 N–H and O–H groups in total. The Bertz CT molecular complexity index is 609. The molecule has 1 unspecified atom stereocenters. The molecule has 0 bridgehead atoms. The number of para-hydroxylation sites is 1. The molecule has 2 aromatic rings. The molecule has 4 nitrogen and oxygen atoms in total. The van der Waals surface area contributed by atoms with Gasteiger partial charge >= 0.3 is 0 Å². The lowest BCUT2D eigenvalue weighted by molar-refractivity contribution is -0.116. The topological polar surface area (TPSA) is 46.1 Å². The molecule has 21 heavy (non-hydrogen) atoms. The minimum absolute atomic E-state index is 0.160. The molecule has 0 spiro atoms. The van der Waals surface area contributed by atoms with Crippen molar-refractivity contribution in [3.05, 3.63) is 54.1 Å². The second kappa shape index (κ2) is 7.04. The number of benzene rings is 1. The van der Waals surface area contributed by atoms with E-state index in [0.29, 0.717) is 0 Å². The minimum Gasteiger partial charge on any atom is -0.345 e. The van der Waals surface area contributed by atoms with Crippen LogP contribution in [0.3, 0.4) is 0 Å². The van der Waals surface area contributed by atoms with Crippen LogP contribution in [0, 0.1) is 5.82 Å². The molecule has 0 saturated heterocycles. The van der Waals surface area contributed by atoms with Crippen molar-refractivity contribution in [1.82, 2.24) is 9.88 Å². The highest BCUT2D eigenvalue weighted by Crippen LogP contribution is 2.14. The van der Waals surface area contributed by atoms with Crippen LogP contribution in [-0.2, 0) is 11.3 Å². The van der Waals surface area contributed by atoms with Crippen LogP contribution in [-0.4, -0.2) is 17.0 Å². The van der Waals surface area contributed by atoms with E-state index in [-0.39, 0.29) is 24.2 Å². The zero-order chi connectivity index (χ0) is 15.2. The normalized spacial score (nSPS) is 12.1. The first kappa shape index (κ1) is 15.3. The average molecular weight is 289 g/mol. The number of rotatable bonds is 6. The predicted molar refractivity (Wildman–Crippen MR) is 81.6 cm³/mol. The van der Waals surface area contributed by atoms with Gasteiger partial charge in [-0.3, -0.25) is 4.79 Å². The highest BCUT2D eigenvalue weighted by molar-refractivity contribution is 5.90. The minimum atomic E-state index is -0.431. The molecule has 0 radical (unpaired) electrons. The van der Waals surface area contributed by atoms with Gasteiger partial charge in [0, 0.05) is 18.4 Å². The molecular weight excluding hydrogens is 269 g/mol. The Labute approximate surface area is 124 Å². The van der Waals surface area contributed by atoms with E-state index in [0.717, 1.165) is 12.1 Å². The van der Waals surface area contributed by atoms with Crippen LogP contribution in [0.2, 0.25) is 0 Å². The van der Waals surface area contributed by atoms with E-state index < -0.39 is 5.82 Å². The largest absolute Gasteiger partial charge is 0.345 e. The summed E-state index contributed by atoms with van der Waals surface area (Å²) < 4.78 is 15.2. The van der Waals surface area contributed by atoms with Crippen LogP contribution >= 0.6 is 0 Å². The summed E-state index contributed by atoms with van der Waals surface area (Å²) in [7, 11) is 0. The summed E-state index contributed by atoms with van der Waals surface area (Å²) in [5, 5.41) is 5.88. The molecule has 0 aliphatic carbocycles. The van der Waals surface area contributed by atoms with Gasteiger partial charge in [-0.2, -0.15) is 0 Å². The molecule has 5 heteroatoms. The monoisotopic (exact) mass is 289 g/mol. The van der Waals surface area contributed by atoms with E-state index in [1.165, 1.54) is 6.07 Å². The Morgan fingerprint density at radius 2 is 2.10 bits per heavy atom. The number of amides is 1. The Kier molecular flexibility index (Phi) is 5.11. The van der Waals surface area contributed by atoms with Crippen molar-refractivity contribution in [2.45, 2.75) is 26.4 Å². The summed E-state index contributed by atoms with van der Waals surface area (Å²) in [6.45, 7) is 5.17. The first-order valence-electron chi connectivity index (χ1n) is 7.03. The summed E-state index contributed by atoms with van der Waals surface area (Å²) >= 11 is 0. The SMILES string of the molecule is CCNC(C)c1ccn(CC(=O)Nc2ccccc2F)c1. The van der Waals surface area contributed by atoms with Crippen molar-refractivity contribution in [3.63, 3.8) is 0 Å². The van der Waals surface area contributed by atoms with Crippen LogP contribution in [0.15, 0.2) is 42.7 Å². The highest BCUT2D eigenvalue weighted by atomic mass is 19.1. The molecule has 2 rings (SSSR count). The van der Waals surface area contributed by atoms with Crippen molar-refractivity contribution >= 4 is 11.6 Å². The molecule has 1 amide bonds. The van der Waals surface area contributed by atoms with Gasteiger partial charge in [-0.1, -0.05) is 19.1 Å². The molecule has 1 atom stereocenters. The third kappa shape index (κ3) is 4.16. The quantitative estimate of drug-likeness (QED) is 0.859. The maximum atomic E-state index is 13.5. The van der Waals surface area contributed by atoms with Gasteiger partial charge in [0.1, 0.15) is 12.4 Å². The number of carbonyl (C=O) groups excluding carboxylic acids is 1. The van der Waals surface area contributed by atoms with Gasteiger partial charge in [-0.05, 0) is 37.2 Å². The van der Waals surface area contributed by atoms with Crippen LogP contribution in [0.25, 0.3) is 0 Å². The highest BCUT2D eigenvalue weighted by Gasteiger charge is 2.09. The molecule has 112 valence electrons. The molecule has 1 heterocycles. The Hall–Kier alpha value is -2.14. The van der Waals surface area contributed by atoms with Crippen LogP contribution < -0.4 is 10.6 Å². The summed E-state index contributed by atoms with van der Waals surface area (Å²) in [5.74, 6) is -0.682.